The number of amides is 2. The number of hydrogen-bond donors (Lipinski definition) is 3. The zero-order valence-corrected chi connectivity index (χ0v) is 15.1. The van der Waals surface area contributed by atoms with Gasteiger partial charge < -0.3 is 0 Å². The first kappa shape index (κ1) is 18.7. The monoisotopic (exact) mass is 383 g/mol. The molecule has 2 aromatic carbocycles. The average molecular weight is 383 g/mol. The van der Waals surface area contributed by atoms with Gasteiger partial charge in [0.05, 0.1) is 0 Å². The van der Waals surface area contributed by atoms with Crippen LogP contribution in [0.4, 0.5) is 4.39 Å². The minimum Gasteiger partial charge on any atom is -0.298 e. The third-order valence-corrected chi connectivity index (χ3v) is 4.39. The maximum absolute atomic E-state index is 12.8. The quantitative estimate of drug-likeness (QED) is 0.431. The number of nitrogens with one attached hydrogen (secondary N) is 3. The molecule has 138 valence electrons. The fourth-order valence-corrected chi connectivity index (χ4v) is 2.85. The number of benzene rings is 2. The highest BCUT2D eigenvalue weighted by Gasteiger charge is 2.43. The lowest BCUT2D eigenvalue weighted by Crippen LogP contribution is -2.48. The summed E-state index contributed by atoms with van der Waals surface area (Å²) in [7, 11) is 0. The van der Waals surface area contributed by atoms with Crippen LogP contribution in [0.3, 0.4) is 0 Å². The van der Waals surface area contributed by atoms with Gasteiger partial charge in [-0.2, -0.15) is 0 Å². The van der Waals surface area contributed by atoms with Crippen molar-refractivity contribution < 1.29 is 14.0 Å². The largest absolute Gasteiger partial charge is 0.298 e. The summed E-state index contributed by atoms with van der Waals surface area (Å²) in [4.78, 5) is 23.9. The molecule has 0 aromatic heterocycles. The van der Waals surface area contributed by atoms with E-state index in [0.717, 1.165) is 12.0 Å². The summed E-state index contributed by atoms with van der Waals surface area (Å²) in [6.45, 7) is 0. The standard InChI is InChI=1S/C20H18FN3O2S/c21-15-9-6-13(7-10-15)8-11-18(25)22-20(27)24-23-19(26)17-12-16(17)14-4-2-1-3-5-14/h1-11,16-17H,12H2,(H,23,26)(H2,22,24,25,27)/t16-,17+/m1/s1. The normalized spacial score (nSPS) is 18.0. The Morgan fingerprint density at radius 3 is 2.44 bits per heavy atom. The second-order valence-corrected chi connectivity index (χ2v) is 6.59. The Bertz CT molecular complexity index is 869. The van der Waals surface area contributed by atoms with E-state index >= 15 is 0 Å². The van der Waals surface area contributed by atoms with Crippen LogP contribution in [0, 0.1) is 11.7 Å². The van der Waals surface area contributed by atoms with E-state index in [0.29, 0.717) is 5.56 Å². The number of rotatable bonds is 4. The molecule has 2 atom stereocenters. The molecule has 2 aromatic rings. The average Bonchev–Trinajstić information content (AvgIpc) is 3.47. The Morgan fingerprint density at radius 1 is 1.04 bits per heavy atom. The zero-order chi connectivity index (χ0) is 19.2. The first-order valence-electron chi connectivity index (χ1n) is 8.42. The number of hydrazine groups is 1. The van der Waals surface area contributed by atoms with E-state index in [9.17, 15) is 14.0 Å². The molecule has 2 amide bonds. The first-order chi connectivity index (χ1) is 13.0. The summed E-state index contributed by atoms with van der Waals surface area (Å²) in [5, 5.41) is 2.42. The molecule has 0 radical (unpaired) electrons. The number of hydrogen-bond acceptors (Lipinski definition) is 3. The molecule has 0 heterocycles. The van der Waals surface area contributed by atoms with Crippen molar-refractivity contribution >= 4 is 35.2 Å². The van der Waals surface area contributed by atoms with Gasteiger partial charge >= 0.3 is 0 Å². The Balaban J connectivity index is 1.40. The summed E-state index contributed by atoms with van der Waals surface area (Å²) >= 11 is 4.99. The van der Waals surface area contributed by atoms with Crippen LogP contribution in [0.1, 0.15) is 23.5 Å². The van der Waals surface area contributed by atoms with E-state index in [1.165, 1.54) is 24.3 Å². The Kier molecular flexibility index (Phi) is 5.93. The highest BCUT2D eigenvalue weighted by Crippen LogP contribution is 2.47. The van der Waals surface area contributed by atoms with Crippen LogP contribution >= 0.6 is 12.2 Å². The van der Waals surface area contributed by atoms with Crippen LogP contribution < -0.4 is 16.2 Å². The minimum atomic E-state index is -0.459. The lowest BCUT2D eigenvalue weighted by molar-refractivity contribution is -0.123. The van der Waals surface area contributed by atoms with Gasteiger partial charge in [-0.3, -0.25) is 25.8 Å². The predicted octanol–water partition coefficient (Wildman–Crippen LogP) is 2.66. The van der Waals surface area contributed by atoms with Crippen molar-refractivity contribution in [2.45, 2.75) is 12.3 Å². The molecule has 27 heavy (non-hydrogen) atoms. The molecular weight excluding hydrogens is 365 g/mol. The SMILES string of the molecule is O=C(C=Cc1ccc(F)cc1)NC(=S)NNC(=O)[C@H]1C[C@@H]1c1ccccc1. The molecule has 0 aliphatic heterocycles. The fourth-order valence-electron chi connectivity index (χ4n) is 2.70. The van der Waals surface area contributed by atoms with E-state index in [2.05, 4.69) is 16.2 Å². The second kappa shape index (κ2) is 8.55. The second-order valence-electron chi connectivity index (χ2n) is 6.18. The van der Waals surface area contributed by atoms with Crippen molar-refractivity contribution in [1.29, 1.82) is 0 Å². The molecular formula is C20H18FN3O2S. The summed E-state index contributed by atoms with van der Waals surface area (Å²) in [6, 6.07) is 15.6. The van der Waals surface area contributed by atoms with Gasteiger partial charge in [-0.25, -0.2) is 4.39 Å². The van der Waals surface area contributed by atoms with Crippen molar-refractivity contribution in [2.75, 3.05) is 0 Å². The number of carbonyl (C=O) groups is 2. The van der Waals surface area contributed by atoms with Gasteiger partial charge in [-0.1, -0.05) is 42.5 Å². The van der Waals surface area contributed by atoms with Crippen molar-refractivity contribution in [2.24, 2.45) is 5.92 Å². The smallest absolute Gasteiger partial charge is 0.250 e. The molecule has 1 saturated carbocycles. The Hall–Kier alpha value is -3.06. The maximum Gasteiger partial charge on any atom is 0.250 e. The van der Waals surface area contributed by atoms with Crippen LogP contribution in [0.25, 0.3) is 6.08 Å². The molecule has 1 aliphatic rings. The topological polar surface area (TPSA) is 70.2 Å². The van der Waals surface area contributed by atoms with Gasteiger partial charge in [0.15, 0.2) is 5.11 Å². The minimum absolute atomic E-state index is 0.00554. The van der Waals surface area contributed by atoms with Crippen LogP contribution in [0.5, 0.6) is 0 Å². The van der Waals surface area contributed by atoms with E-state index < -0.39 is 5.91 Å². The molecule has 3 rings (SSSR count). The van der Waals surface area contributed by atoms with E-state index in [-0.39, 0.29) is 28.7 Å². The molecule has 1 aliphatic carbocycles. The third-order valence-electron chi connectivity index (χ3n) is 4.19. The number of thiocarbonyl (C=S) groups is 1. The van der Waals surface area contributed by atoms with Gasteiger partial charge in [-0.15, -0.1) is 0 Å². The van der Waals surface area contributed by atoms with E-state index in [1.54, 1.807) is 12.1 Å². The van der Waals surface area contributed by atoms with Gasteiger partial charge in [-0.05, 0) is 53.9 Å². The summed E-state index contributed by atoms with van der Waals surface area (Å²) in [5.41, 5.74) is 6.87. The molecule has 5 nitrogen and oxygen atoms in total. The Morgan fingerprint density at radius 2 is 1.74 bits per heavy atom. The highest BCUT2D eigenvalue weighted by atomic mass is 32.1. The van der Waals surface area contributed by atoms with Crippen molar-refractivity contribution in [3.63, 3.8) is 0 Å². The third kappa shape index (κ3) is 5.46. The molecule has 0 spiro atoms. The fraction of sp³-hybridized carbons (Fsp3) is 0.150. The van der Waals surface area contributed by atoms with Crippen LogP contribution in [-0.2, 0) is 9.59 Å². The van der Waals surface area contributed by atoms with Crippen LogP contribution in [-0.4, -0.2) is 16.9 Å². The summed E-state index contributed by atoms with van der Waals surface area (Å²) < 4.78 is 12.8. The molecule has 3 N–H and O–H groups in total. The summed E-state index contributed by atoms with van der Waals surface area (Å²) in [5.74, 6) is -0.851. The van der Waals surface area contributed by atoms with Gasteiger partial charge in [0.2, 0.25) is 11.8 Å². The lowest BCUT2D eigenvalue weighted by Gasteiger charge is -2.09. The van der Waals surface area contributed by atoms with Crippen molar-refractivity contribution in [3.8, 4) is 0 Å². The summed E-state index contributed by atoms with van der Waals surface area (Å²) in [6.07, 6.45) is 3.59. The number of carbonyl (C=O) groups excluding carboxylic acids is 2. The van der Waals surface area contributed by atoms with E-state index in [4.69, 9.17) is 12.2 Å². The van der Waals surface area contributed by atoms with Crippen LogP contribution in [0.2, 0.25) is 0 Å². The van der Waals surface area contributed by atoms with Gasteiger partial charge in [0.1, 0.15) is 5.82 Å². The Labute approximate surface area is 161 Å². The van der Waals surface area contributed by atoms with Crippen molar-refractivity contribution in [3.05, 3.63) is 77.6 Å². The van der Waals surface area contributed by atoms with Gasteiger partial charge in [0, 0.05) is 12.0 Å². The lowest BCUT2D eigenvalue weighted by atomic mass is 10.1. The molecule has 0 bridgehead atoms. The van der Waals surface area contributed by atoms with Crippen LogP contribution in [0.15, 0.2) is 60.7 Å². The van der Waals surface area contributed by atoms with E-state index in [1.807, 2.05) is 30.3 Å². The first-order valence-corrected chi connectivity index (χ1v) is 8.83. The molecule has 0 saturated heterocycles. The maximum atomic E-state index is 12.8. The molecule has 1 fully saturated rings. The molecule has 0 unspecified atom stereocenters. The number of halogens is 1. The highest BCUT2D eigenvalue weighted by molar-refractivity contribution is 7.80. The van der Waals surface area contributed by atoms with Crippen molar-refractivity contribution in [1.82, 2.24) is 16.2 Å². The van der Waals surface area contributed by atoms with Gasteiger partial charge in [0.25, 0.3) is 0 Å². The zero-order valence-electron chi connectivity index (χ0n) is 14.3. The predicted molar refractivity (Wildman–Crippen MR) is 105 cm³/mol. The molecule has 7 heteroatoms.